The predicted molar refractivity (Wildman–Crippen MR) is 119 cm³/mol. The van der Waals surface area contributed by atoms with E-state index in [0.29, 0.717) is 25.3 Å². The van der Waals surface area contributed by atoms with Crippen LogP contribution in [0.4, 0.5) is 0 Å². The summed E-state index contributed by atoms with van der Waals surface area (Å²) in [6.45, 7) is 2.99. The van der Waals surface area contributed by atoms with Gasteiger partial charge in [0.2, 0.25) is 5.91 Å². The number of carbonyl (C=O) groups excluding carboxylic acids is 2. The van der Waals surface area contributed by atoms with E-state index in [1.807, 2.05) is 53.4 Å². The number of carbonyl (C=O) groups is 2. The van der Waals surface area contributed by atoms with E-state index in [-0.39, 0.29) is 17.9 Å². The lowest BCUT2D eigenvalue weighted by atomic mass is 10.0. The highest BCUT2D eigenvalue weighted by Crippen LogP contribution is 2.20. The van der Waals surface area contributed by atoms with Gasteiger partial charge in [-0.15, -0.1) is 0 Å². The van der Waals surface area contributed by atoms with Crippen LogP contribution in [-0.2, 0) is 16.0 Å². The Morgan fingerprint density at radius 3 is 2.47 bits per heavy atom. The summed E-state index contributed by atoms with van der Waals surface area (Å²) in [6, 6.07) is 15.0. The molecule has 0 saturated carbocycles. The summed E-state index contributed by atoms with van der Waals surface area (Å²) in [5.41, 5.74) is 0.888. The summed E-state index contributed by atoms with van der Waals surface area (Å²) in [4.78, 5) is 27.0. The van der Waals surface area contributed by atoms with Crippen molar-refractivity contribution in [2.24, 2.45) is 0 Å². The maximum absolute atomic E-state index is 12.7. The number of hydrogen-bond acceptors (Lipinski definition) is 4. The highest BCUT2D eigenvalue weighted by Gasteiger charge is 2.26. The molecule has 2 aromatic rings. The fourth-order valence-corrected chi connectivity index (χ4v) is 3.75. The maximum atomic E-state index is 12.7. The molecular weight excluding hydrogens is 448 g/mol. The van der Waals surface area contributed by atoms with Crippen LogP contribution in [0, 0.1) is 0 Å². The molecule has 2 aromatic carbocycles. The first-order valence-corrected chi connectivity index (χ1v) is 10.9. The van der Waals surface area contributed by atoms with E-state index in [1.54, 1.807) is 14.0 Å². The summed E-state index contributed by atoms with van der Waals surface area (Å²) in [5, 5.41) is 3.05. The quantitative estimate of drug-likeness (QED) is 0.665. The van der Waals surface area contributed by atoms with Gasteiger partial charge in [0.15, 0.2) is 6.10 Å². The van der Waals surface area contributed by atoms with Gasteiger partial charge in [-0.1, -0.05) is 34.1 Å². The van der Waals surface area contributed by atoms with E-state index in [4.69, 9.17) is 9.47 Å². The van der Waals surface area contributed by atoms with Gasteiger partial charge in [0.1, 0.15) is 11.5 Å². The van der Waals surface area contributed by atoms with Gasteiger partial charge in [0.25, 0.3) is 5.91 Å². The minimum atomic E-state index is -0.587. The Morgan fingerprint density at radius 1 is 1.13 bits per heavy atom. The number of halogens is 1. The number of para-hydroxylation sites is 1. The summed E-state index contributed by atoms with van der Waals surface area (Å²) < 4.78 is 12.0. The zero-order valence-electron chi connectivity index (χ0n) is 17.3. The minimum Gasteiger partial charge on any atom is -0.496 e. The molecule has 1 aliphatic heterocycles. The minimum absolute atomic E-state index is 0.0452. The molecule has 1 heterocycles. The topological polar surface area (TPSA) is 67.9 Å². The number of ether oxygens (including phenoxy) is 2. The number of likely N-dealkylation sites (tertiary alicyclic amines) is 1. The molecule has 1 aliphatic rings. The SMILES string of the molecule is COc1ccccc1CC(=O)N1CCC(NC(=O)C(C)Oc2ccc(Br)cc2)CC1. The van der Waals surface area contributed by atoms with Crippen LogP contribution >= 0.6 is 15.9 Å². The first-order valence-electron chi connectivity index (χ1n) is 10.1. The molecule has 6 nitrogen and oxygen atoms in total. The molecule has 1 fully saturated rings. The third-order valence-corrected chi connectivity index (χ3v) is 5.75. The van der Waals surface area contributed by atoms with Crippen LogP contribution < -0.4 is 14.8 Å². The van der Waals surface area contributed by atoms with Gasteiger partial charge < -0.3 is 19.7 Å². The number of amides is 2. The second-order valence-corrected chi connectivity index (χ2v) is 8.28. The molecule has 30 heavy (non-hydrogen) atoms. The van der Waals surface area contributed by atoms with Crippen molar-refractivity contribution in [3.63, 3.8) is 0 Å². The van der Waals surface area contributed by atoms with Gasteiger partial charge in [0, 0.05) is 29.2 Å². The Morgan fingerprint density at radius 2 is 1.80 bits per heavy atom. The van der Waals surface area contributed by atoms with Crippen LogP contribution in [0.5, 0.6) is 11.5 Å². The van der Waals surface area contributed by atoms with E-state index in [1.165, 1.54) is 0 Å². The fourth-order valence-electron chi connectivity index (χ4n) is 3.49. The van der Waals surface area contributed by atoms with Gasteiger partial charge in [-0.2, -0.15) is 0 Å². The smallest absolute Gasteiger partial charge is 0.260 e. The molecule has 0 radical (unpaired) electrons. The van der Waals surface area contributed by atoms with Gasteiger partial charge in [-0.05, 0) is 50.1 Å². The molecule has 0 aromatic heterocycles. The third-order valence-electron chi connectivity index (χ3n) is 5.22. The largest absolute Gasteiger partial charge is 0.496 e. The standard InChI is InChI=1S/C23H27BrN2O4/c1-16(30-20-9-7-18(24)8-10-20)23(28)25-19-11-13-26(14-12-19)22(27)15-17-5-3-4-6-21(17)29-2/h3-10,16,19H,11-15H2,1-2H3,(H,25,28). The molecule has 1 saturated heterocycles. The van der Waals surface area contributed by atoms with E-state index in [0.717, 1.165) is 28.6 Å². The molecule has 7 heteroatoms. The molecule has 0 bridgehead atoms. The monoisotopic (exact) mass is 474 g/mol. The van der Waals surface area contributed by atoms with Gasteiger partial charge in [-0.25, -0.2) is 0 Å². The van der Waals surface area contributed by atoms with Gasteiger partial charge in [-0.3, -0.25) is 9.59 Å². The molecule has 3 rings (SSSR count). The highest BCUT2D eigenvalue weighted by atomic mass is 79.9. The fraction of sp³-hybridized carbons (Fsp3) is 0.391. The van der Waals surface area contributed by atoms with Crippen molar-refractivity contribution < 1.29 is 19.1 Å². The van der Waals surface area contributed by atoms with Crippen molar-refractivity contribution in [1.82, 2.24) is 10.2 Å². The van der Waals surface area contributed by atoms with Crippen LogP contribution in [-0.4, -0.2) is 49.1 Å². The number of hydrogen-bond donors (Lipinski definition) is 1. The van der Waals surface area contributed by atoms with E-state index in [2.05, 4.69) is 21.2 Å². The number of benzene rings is 2. The maximum Gasteiger partial charge on any atom is 0.260 e. The van der Waals surface area contributed by atoms with Crippen LogP contribution in [0.3, 0.4) is 0 Å². The van der Waals surface area contributed by atoms with Crippen molar-refractivity contribution >= 4 is 27.7 Å². The Kier molecular flexibility index (Phi) is 7.74. The van der Waals surface area contributed by atoms with E-state index >= 15 is 0 Å². The van der Waals surface area contributed by atoms with Gasteiger partial charge in [0.05, 0.1) is 13.5 Å². The number of piperidine rings is 1. The number of nitrogens with one attached hydrogen (secondary N) is 1. The van der Waals surface area contributed by atoms with Crippen molar-refractivity contribution in [3.05, 3.63) is 58.6 Å². The molecule has 0 spiro atoms. The first-order chi connectivity index (χ1) is 14.5. The highest BCUT2D eigenvalue weighted by molar-refractivity contribution is 9.10. The Hall–Kier alpha value is -2.54. The van der Waals surface area contributed by atoms with Crippen LogP contribution in [0.25, 0.3) is 0 Å². The van der Waals surface area contributed by atoms with Crippen molar-refractivity contribution in [2.75, 3.05) is 20.2 Å². The molecule has 1 atom stereocenters. The first kappa shape index (κ1) is 22.2. The normalized spacial score (nSPS) is 15.4. The van der Waals surface area contributed by atoms with Crippen molar-refractivity contribution in [3.8, 4) is 11.5 Å². The van der Waals surface area contributed by atoms with Gasteiger partial charge >= 0.3 is 0 Å². The molecule has 2 amide bonds. The number of rotatable bonds is 7. The number of nitrogens with zero attached hydrogens (tertiary/aromatic N) is 1. The van der Waals surface area contributed by atoms with Crippen molar-refractivity contribution in [1.29, 1.82) is 0 Å². The lowest BCUT2D eigenvalue weighted by molar-refractivity contribution is -0.132. The average Bonchev–Trinajstić information content (AvgIpc) is 2.76. The lowest BCUT2D eigenvalue weighted by Gasteiger charge is -2.33. The zero-order chi connectivity index (χ0) is 21.5. The van der Waals surface area contributed by atoms with Crippen LogP contribution in [0.2, 0.25) is 0 Å². The Bertz CT molecular complexity index is 864. The molecule has 0 aliphatic carbocycles. The second-order valence-electron chi connectivity index (χ2n) is 7.37. The van der Waals surface area contributed by atoms with Crippen molar-refractivity contribution in [2.45, 2.75) is 38.3 Å². The summed E-state index contributed by atoms with van der Waals surface area (Å²) in [6.07, 6.45) is 1.19. The van der Waals surface area contributed by atoms with Crippen LogP contribution in [0.1, 0.15) is 25.3 Å². The van der Waals surface area contributed by atoms with Crippen LogP contribution in [0.15, 0.2) is 53.0 Å². The summed E-state index contributed by atoms with van der Waals surface area (Å²) >= 11 is 3.38. The average molecular weight is 475 g/mol. The molecule has 160 valence electrons. The third kappa shape index (κ3) is 5.98. The Labute approximate surface area is 185 Å². The number of methoxy groups -OCH3 is 1. The summed E-state index contributed by atoms with van der Waals surface area (Å²) in [7, 11) is 1.61. The molecule has 1 unspecified atom stereocenters. The van der Waals surface area contributed by atoms with E-state index < -0.39 is 6.10 Å². The molecular formula is C23H27BrN2O4. The Balaban J connectivity index is 1.45. The molecule has 1 N–H and O–H groups in total. The second kappa shape index (κ2) is 10.5. The zero-order valence-corrected chi connectivity index (χ0v) is 18.9. The lowest BCUT2D eigenvalue weighted by Crippen LogP contribution is -2.49. The predicted octanol–water partition coefficient (Wildman–Crippen LogP) is 3.57. The van der Waals surface area contributed by atoms with E-state index in [9.17, 15) is 9.59 Å². The summed E-state index contributed by atoms with van der Waals surface area (Å²) in [5.74, 6) is 1.32.